The second-order valence-electron chi connectivity index (χ2n) is 8.02. The zero-order chi connectivity index (χ0) is 24.6. The van der Waals surface area contributed by atoms with E-state index in [2.05, 4.69) is 10.6 Å². The molecule has 0 atom stereocenters. The number of nitrogens with one attached hydrogen (secondary N) is 2. The molecule has 2 N–H and O–H groups in total. The van der Waals surface area contributed by atoms with Gasteiger partial charge in [0.05, 0.1) is 18.0 Å². The molecule has 1 aliphatic rings. The summed E-state index contributed by atoms with van der Waals surface area (Å²) < 4.78 is 5.61. The lowest BCUT2D eigenvalue weighted by Gasteiger charge is -2.35. The number of benzene rings is 3. The highest BCUT2D eigenvalue weighted by Crippen LogP contribution is 2.33. The van der Waals surface area contributed by atoms with E-state index in [-0.39, 0.29) is 37.5 Å². The van der Waals surface area contributed by atoms with E-state index in [1.807, 2.05) is 61.5 Å². The van der Waals surface area contributed by atoms with Crippen LogP contribution < -0.4 is 25.2 Å². The molecule has 0 bridgehead atoms. The Hall–Kier alpha value is -4.33. The molecule has 8 nitrogen and oxygen atoms in total. The molecule has 4 amide bonds. The number of hydrogen-bond donors (Lipinski definition) is 2. The quantitative estimate of drug-likeness (QED) is 0.525. The third-order valence-corrected chi connectivity index (χ3v) is 5.64. The van der Waals surface area contributed by atoms with Crippen LogP contribution in [0.15, 0.2) is 78.9 Å². The van der Waals surface area contributed by atoms with Gasteiger partial charge in [-0.3, -0.25) is 19.4 Å². The van der Waals surface area contributed by atoms with Gasteiger partial charge in [-0.25, -0.2) is 4.79 Å². The van der Waals surface area contributed by atoms with E-state index in [0.29, 0.717) is 30.3 Å². The number of hydrogen-bond acceptors (Lipinski definition) is 4. The average Bonchev–Trinajstić information content (AvgIpc) is 2.89. The fraction of sp³-hybridized carbons (Fsp3) is 0.222. The Bertz CT molecular complexity index is 1200. The maximum Gasteiger partial charge on any atom is 0.322 e. The van der Waals surface area contributed by atoms with Crippen molar-refractivity contribution in [3.8, 4) is 5.75 Å². The van der Waals surface area contributed by atoms with Crippen molar-refractivity contribution in [1.29, 1.82) is 0 Å². The first kappa shape index (κ1) is 23.8. The predicted molar refractivity (Wildman–Crippen MR) is 134 cm³/mol. The summed E-state index contributed by atoms with van der Waals surface area (Å²) >= 11 is 0. The fourth-order valence-electron chi connectivity index (χ4n) is 3.92. The smallest absolute Gasteiger partial charge is 0.322 e. The van der Waals surface area contributed by atoms with Crippen molar-refractivity contribution >= 4 is 29.2 Å². The van der Waals surface area contributed by atoms with Crippen LogP contribution in [0.1, 0.15) is 18.1 Å². The maximum absolute atomic E-state index is 13.0. The van der Waals surface area contributed by atoms with Gasteiger partial charge in [0.25, 0.3) is 0 Å². The number of nitrogens with zero attached hydrogens (tertiary/aromatic N) is 2. The molecule has 3 aromatic carbocycles. The molecule has 180 valence electrons. The summed E-state index contributed by atoms with van der Waals surface area (Å²) in [6.45, 7) is 2.76. The minimum absolute atomic E-state index is 0.147. The van der Waals surface area contributed by atoms with Crippen molar-refractivity contribution in [2.45, 2.75) is 20.0 Å². The maximum atomic E-state index is 13.0. The van der Waals surface area contributed by atoms with E-state index < -0.39 is 0 Å². The zero-order valence-corrected chi connectivity index (χ0v) is 19.6. The molecule has 4 rings (SSSR count). The zero-order valence-electron chi connectivity index (χ0n) is 19.6. The van der Waals surface area contributed by atoms with Gasteiger partial charge in [0.1, 0.15) is 18.8 Å². The molecule has 8 heteroatoms. The number of anilines is 2. The van der Waals surface area contributed by atoms with Crippen LogP contribution in [0.5, 0.6) is 5.75 Å². The molecular weight excluding hydrogens is 444 g/mol. The molecule has 0 spiro atoms. The highest BCUT2D eigenvalue weighted by Gasteiger charge is 2.33. The lowest BCUT2D eigenvalue weighted by Crippen LogP contribution is -2.53. The van der Waals surface area contributed by atoms with Crippen molar-refractivity contribution in [3.63, 3.8) is 0 Å². The molecule has 0 aromatic heterocycles. The molecule has 0 saturated heterocycles. The molecular formula is C27H28N4O4. The van der Waals surface area contributed by atoms with E-state index >= 15 is 0 Å². The molecule has 0 radical (unpaired) electrons. The van der Waals surface area contributed by atoms with Gasteiger partial charge in [-0.05, 0) is 30.7 Å². The average molecular weight is 473 g/mol. The Morgan fingerprint density at radius 2 is 1.54 bits per heavy atom. The summed E-state index contributed by atoms with van der Waals surface area (Å²) in [4.78, 5) is 41.5. The van der Waals surface area contributed by atoms with Crippen LogP contribution in [0.25, 0.3) is 0 Å². The third kappa shape index (κ3) is 5.78. The van der Waals surface area contributed by atoms with E-state index in [1.165, 1.54) is 9.80 Å². The molecule has 1 heterocycles. The van der Waals surface area contributed by atoms with Crippen molar-refractivity contribution in [2.24, 2.45) is 0 Å². The lowest BCUT2D eigenvalue weighted by atomic mass is 10.1. The van der Waals surface area contributed by atoms with Gasteiger partial charge < -0.3 is 15.4 Å². The predicted octanol–water partition coefficient (Wildman–Crippen LogP) is 3.46. The van der Waals surface area contributed by atoms with Crippen molar-refractivity contribution < 1.29 is 19.1 Å². The van der Waals surface area contributed by atoms with Gasteiger partial charge in [-0.2, -0.15) is 0 Å². The van der Waals surface area contributed by atoms with Crippen molar-refractivity contribution in [3.05, 3.63) is 90.0 Å². The molecule has 0 unspecified atom stereocenters. The molecule has 35 heavy (non-hydrogen) atoms. The highest BCUT2D eigenvalue weighted by atomic mass is 16.5. The lowest BCUT2D eigenvalue weighted by molar-refractivity contribution is -0.123. The largest absolute Gasteiger partial charge is 0.494 e. The second kappa shape index (κ2) is 11.2. The third-order valence-electron chi connectivity index (χ3n) is 5.64. The van der Waals surface area contributed by atoms with Crippen LogP contribution in [0.2, 0.25) is 0 Å². The molecule has 3 aromatic rings. The SMILES string of the molecule is CCOc1ccccc1CNC(=O)CN1C(=O)CN(C(=O)NCc2ccccc2)c2ccccc21. The van der Waals surface area contributed by atoms with Crippen molar-refractivity contribution in [2.75, 3.05) is 29.5 Å². The standard InChI is InChI=1S/C27H28N4O4/c1-2-35-24-15-9-6-12-21(24)17-28-25(32)18-30-22-13-7-8-14-23(22)31(19-26(30)33)27(34)29-16-20-10-4-3-5-11-20/h3-15H,2,16-19H2,1H3,(H,28,32)(H,29,34). The number of amides is 4. The summed E-state index contributed by atoms with van der Waals surface area (Å²) in [7, 11) is 0. The van der Waals surface area contributed by atoms with E-state index in [0.717, 1.165) is 11.1 Å². The number of carbonyl (C=O) groups excluding carboxylic acids is 3. The summed E-state index contributed by atoms with van der Waals surface area (Å²) in [5.41, 5.74) is 2.91. The van der Waals surface area contributed by atoms with Crippen LogP contribution in [0.3, 0.4) is 0 Å². The number of urea groups is 1. The highest BCUT2D eigenvalue weighted by molar-refractivity contribution is 6.12. The Balaban J connectivity index is 1.42. The summed E-state index contributed by atoms with van der Waals surface area (Å²) in [6.07, 6.45) is 0. The van der Waals surface area contributed by atoms with Gasteiger partial charge in [0, 0.05) is 18.7 Å². The van der Waals surface area contributed by atoms with Crippen LogP contribution >= 0.6 is 0 Å². The van der Waals surface area contributed by atoms with Crippen LogP contribution in [-0.2, 0) is 22.7 Å². The van der Waals surface area contributed by atoms with E-state index in [4.69, 9.17) is 4.74 Å². The number of fused-ring (bicyclic) bond motifs is 1. The van der Waals surface area contributed by atoms with Gasteiger partial charge in [0.2, 0.25) is 11.8 Å². The first-order valence-electron chi connectivity index (χ1n) is 11.5. The van der Waals surface area contributed by atoms with Gasteiger partial charge in [-0.15, -0.1) is 0 Å². The Morgan fingerprint density at radius 3 is 2.31 bits per heavy atom. The van der Waals surface area contributed by atoms with Crippen LogP contribution in [0.4, 0.5) is 16.2 Å². The first-order chi connectivity index (χ1) is 17.1. The van der Waals surface area contributed by atoms with Crippen LogP contribution in [-0.4, -0.2) is 37.5 Å². The van der Waals surface area contributed by atoms with E-state index in [1.54, 1.807) is 24.3 Å². The van der Waals surface area contributed by atoms with Gasteiger partial charge >= 0.3 is 6.03 Å². The summed E-state index contributed by atoms with van der Waals surface area (Å²) in [5.74, 6) is 0.0803. The number of ether oxygens (including phenoxy) is 1. The fourth-order valence-corrected chi connectivity index (χ4v) is 3.92. The van der Waals surface area contributed by atoms with E-state index in [9.17, 15) is 14.4 Å². The summed E-state index contributed by atoms with van der Waals surface area (Å²) in [5, 5.41) is 5.73. The first-order valence-corrected chi connectivity index (χ1v) is 11.5. The Labute approximate surface area is 204 Å². The Kier molecular flexibility index (Phi) is 7.62. The minimum atomic E-state index is -0.369. The van der Waals surface area contributed by atoms with Gasteiger partial charge in [0.15, 0.2) is 0 Å². The topological polar surface area (TPSA) is 91.0 Å². The number of rotatable bonds is 8. The monoisotopic (exact) mass is 472 g/mol. The molecule has 1 aliphatic heterocycles. The number of carbonyl (C=O) groups is 3. The molecule has 0 aliphatic carbocycles. The van der Waals surface area contributed by atoms with Crippen LogP contribution in [0, 0.1) is 0 Å². The minimum Gasteiger partial charge on any atom is -0.494 e. The normalized spacial score (nSPS) is 12.7. The summed E-state index contributed by atoms with van der Waals surface area (Å²) in [6, 6.07) is 23.8. The number of para-hydroxylation sites is 3. The molecule has 0 saturated carbocycles. The Morgan fingerprint density at radius 1 is 0.857 bits per heavy atom. The molecule has 0 fully saturated rings. The van der Waals surface area contributed by atoms with Crippen molar-refractivity contribution in [1.82, 2.24) is 10.6 Å². The second-order valence-corrected chi connectivity index (χ2v) is 8.02. The van der Waals surface area contributed by atoms with Gasteiger partial charge in [-0.1, -0.05) is 60.7 Å².